The fourth-order valence-corrected chi connectivity index (χ4v) is 2.48. The minimum atomic E-state index is -1.15. The number of nitrogens with two attached hydrogens (primary N) is 1. The molecule has 0 spiro atoms. The quantitative estimate of drug-likeness (QED) is 0.795. The molecule has 0 aliphatic carbocycles. The summed E-state index contributed by atoms with van der Waals surface area (Å²) in [6.07, 6.45) is 0. The highest BCUT2D eigenvalue weighted by Gasteiger charge is 2.09. The molecule has 1 unspecified atom stereocenters. The number of hydrogen-bond donors (Lipinski definition) is 1. The van der Waals surface area contributed by atoms with E-state index < -0.39 is 11.2 Å². The summed E-state index contributed by atoms with van der Waals surface area (Å²) < 4.78 is 12.4. The molecule has 0 aliphatic rings. The van der Waals surface area contributed by atoms with Crippen LogP contribution in [-0.4, -0.2) is 9.54 Å². The lowest BCUT2D eigenvalue weighted by atomic mass is 10.3. The number of benzene rings is 1. The van der Waals surface area contributed by atoms with Gasteiger partial charge in [-0.3, -0.25) is 0 Å². The molecule has 2 aromatic rings. The van der Waals surface area contributed by atoms with E-state index in [0.717, 1.165) is 10.2 Å². The second kappa shape index (κ2) is 3.61. The van der Waals surface area contributed by atoms with Crippen LogP contribution in [0.15, 0.2) is 35.1 Å². The van der Waals surface area contributed by atoms with Crippen LogP contribution >= 0.6 is 11.3 Å². The maximum Gasteiger partial charge on any atom is 0.181 e. The highest BCUT2D eigenvalue weighted by atomic mass is 32.2. The predicted octanol–water partition coefficient (Wildman–Crippen LogP) is 2.13. The standard InChI is InChI=1S/C9H8N2OS2/c1-2-14(12)6-3-4-8-7(5-6)11-9(10)13-8/h2-5H,1H2,(H2,10,11). The van der Waals surface area contributed by atoms with E-state index in [1.165, 1.54) is 16.7 Å². The number of fused-ring (bicyclic) bond motifs is 1. The zero-order chi connectivity index (χ0) is 10.1. The second-order valence-corrected chi connectivity index (χ2v) is 5.11. The summed E-state index contributed by atoms with van der Waals surface area (Å²) in [5.74, 6) is 0. The zero-order valence-electron chi connectivity index (χ0n) is 7.27. The first kappa shape index (κ1) is 9.51. The van der Waals surface area contributed by atoms with E-state index >= 15 is 0 Å². The highest BCUT2D eigenvalue weighted by molar-refractivity contribution is 7.94. The third kappa shape index (κ3) is 1.61. The third-order valence-electron chi connectivity index (χ3n) is 1.76. The van der Waals surface area contributed by atoms with Gasteiger partial charge in [-0.15, -0.1) is 0 Å². The number of rotatable bonds is 2. The molecule has 0 amide bonds. The molecule has 0 bridgehead atoms. The van der Waals surface area contributed by atoms with Gasteiger partial charge in [-0.05, 0) is 12.1 Å². The van der Waals surface area contributed by atoms with Crippen molar-refractivity contribution in [3.8, 4) is 0 Å². The summed E-state index contributed by atoms with van der Waals surface area (Å²) in [4.78, 5) is 4.82. The molecule has 72 valence electrons. The molecule has 0 aliphatic heterocycles. The Morgan fingerprint density at radius 1 is 1.57 bits per heavy atom. The van der Waals surface area contributed by atoms with E-state index in [1.807, 2.05) is 6.07 Å². The van der Waals surface area contributed by atoms with Gasteiger partial charge in [-0.2, -0.15) is 0 Å². The fourth-order valence-electron chi connectivity index (χ4n) is 1.15. The normalized spacial score (nSPS) is 12.9. The largest absolute Gasteiger partial charge is 0.607 e. The molecule has 3 nitrogen and oxygen atoms in total. The van der Waals surface area contributed by atoms with Gasteiger partial charge in [-0.25, -0.2) is 4.98 Å². The van der Waals surface area contributed by atoms with Crippen LogP contribution in [0.2, 0.25) is 0 Å². The fraction of sp³-hybridized carbons (Fsp3) is 0. The van der Waals surface area contributed by atoms with E-state index in [1.54, 1.807) is 12.1 Å². The average Bonchev–Trinajstić information content (AvgIpc) is 2.55. The first-order chi connectivity index (χ1) is 6.70. The first-order valence-corrected chi connectivity index (χ1v) is 5.93. The molecule has 0 saturated carbocycles. The van der Waals surface area contributed by atoms with Crippen molar-refractivity contribution >= 4 is 37.9 Å². The number of anilines is 1. The number of nitrogens with zero attached hydrogens (tertiary/aromatic N) is 1. The van der Waals surface area contributed by atoms with Gasteiger partial charge in [0.25, 0.3) is 0 Å². The smallest absolute Gasteiger partial charge is 0.181 e. The van der Waals surface area contributed by atoms with Crippen molar-refractivity contribution < 1.29 is 4.55 Å². The third-order valence-corrected chi connectivity index (χ3v) is 3.65. The summed E-state index contributed by atoms with van der Waals surface area (Å²) in [5, 5.41) is 1.93. The lowest BCUT2D eigenvalue weighted by molar-refractivity contribution is 0.604. The molecule has 0 radical (unpaired) electrons. The van der Waals surface area contributed by atoms with Crippen LogP contribution in [0.4, 0.5) is 5.13 Å². The number of nitrogen functional groups attached to an aromatic ring is 1. The Morgan fingerprint density at radius 2 is 2.36 bits per heavy atom. The van der Waals surface area contributed by atoms with Gasteiger partial charge < -0.3 is 10.3 Å². The van der Waals surface area contributed by atoms with Gasteiger partial charge in [0.15, 0.2) is 10.0 Å². The van der Waals surface area contributed by atoms with Crippen molar-refractivity contribution in [2.24, 2.45) is 0 Å². The summed E-state index contributed by atoms with van der Waals surface area (Å²) in [6.45, 7) is 3.48. The number of aromatic nitrogens is 1. The van der Waals surface area contributed by atoms with E-state index in [4.69, 9.17) is 5.73 Å². The zero-order valence-corrected chi connectivity index (χ0v) is 8.90. The predicted molar refractivity (Wildman–Crippen MR) is 60.6 cm³/mol. The maximum absolute atomic E-state index is 11.4. The number of thiazole rings is 1. The topological polar surface area (TPSA) is 62.0 Å². The SMILES string of the molecule is C=C[S+]([O-])c1ccc2sc(N)nc2c1. The van der Waals surface area contributed by atoms with Crippen LogP contribution in [-0.2, 0) is 11.2 Å². The Labute approximate surface area is 88.4 Å². The Kier molecular flexibility index (Phi) is 2.45. The van der Waals surface area contributed by atoms with Crippen molar-refractivity contribution in [3.05, 3.63) is 30.2 Å². The number of hydrogen-bond acceptors (Lipinski definition) is 4. The molecule has 1 aromatic carbocycles. The Hall–Kier alpha value is -1.04. The monoisotopic (exact) mass is 224 g/mol. The summed E-state index contributed by atoms with van der Waals surface area (Å²) >= 11 is 0.273. The van der Waals surface area contributed by atoms with E-state index in [2.05, 4.69) is 11.6 Å². The van der Waals surface area contributed by atoms with E-state index in [0.29, 0.717) is 10.0 Å². The minimum absolute atomic E-state index is 0.529. The van der Waals surface area contributed by atoms with Gasteiger partial charge in [0.2, 0.25) is 0 Å². The molecule has 1 atom stereocenters. The van der Waals surface area contributed by atoms with Crippen LogP contribution in [0, 0.1) is 0 Å². The van der Waals surface area contributed by atoms with Gasteiger partial charge in [0, 0.05) is 17.2 Å². The summed E-state index contributed by atoms with van der Waals surface area (Å²) in [7, 11) is 0. The van der Waals surface area contributed by atoms with Crippen molar-refractivity contribution in [3.63, 3.8) is 0 Å². The molecular formula is C9H8N2OS2. The minimum Gasteiger partial charge on any atom is -0.607 e. The summed E-state index contributed by atoms with van der Waals surface area (Å²) in [6, 6.07) is 5.46. The molecule has 14 heavy (non-hydrogen) atoms. The van der Waals surface area contributed by atoms with Gasteiger partial charge in [-0.1, -0.05) is 17.9 Å². The molecule has 2 N–H and O–H groups in total. The first-order valence-electron chi connectivity index (χ1n) is 3.90. The van der Waals surface area contributed by atoms with Gasteiger partial charge >= 0.3 is 0 Å². The van der Waals surface area contributed by atoms with Crippen molar-refractivity contribution in [2.75, 3.05) is 5.73 Å². The Bertz CT molecular complexity index is 481. The molecule has 1 aromatic heterocycles. The summed E-state index contributed by atoms with van der Waals surface area (Å²) in [5.41, 5.74) is 6.35. The van der Waals surface area contributed by atoms with Gasteiger partial charge in [0.05, 0.1) is 10.2 Å². The lowest BCUT2D eigenvalue weighted by Gasteiger charge is -2.02. The average molecular weight is 224 g/mol. The van der Waals surface area contributed by atoms with Crippen LogP contribution in [0.5, 0.6) is 0 Å². The van der Waals surface area contributed by atoms with Gasteiger partial charge in [0.1, 0.15) is 5.41 Å². The lowest BCUT2D eigenvalue weighted by Crippen LogP contribution is -1.94. The van der Waals surface area contributed by atoms with Crippen LogP contribution in [0.1, 0.15) is 0 Å². The molecule has 1 heterocycles. The highest BCUT2D eigenvalue weighted by Crippen LogP contribution is 2.26. The van der Waals surface area contributed by atoms with Crippen molar-refractivity contribution in [2.45, 2.75) is 4.90 Å². The maximum atomic E-state index is 11.4. The van der Waals surface area contributed by atoms with E-state index in [-0.39, 0.29) is 0 Å². The van der Waals surface area contributed by atoms with E-state index in [9.17, 15) is 4.55 Å². The molecule has 5 heteroatoms. The van der Waals surface area contributed by atoms with Crippen molar-refractivity contribution in [1.82, 2.24) is 4.98 Å². The molecular weight excluding hydrogens is 216 g/mol. The molecule has 0 saturated heterocycles. The second-order valence-electron chi connectivity index (χ2n) is 2.65. The Balaban J connectivity index is 2.55. The molecule has 2 rings (SSSR count). The van der Waals surface area contributed by atoms with Crippen molar-refractivity contribution in [1.29, 1.82) is 0 Å². The molecule has 0 fully saturated rings. The Morgan fingerprint density at radius 3 is 3.07 bits per heavy atom. The van der Waals surface area contributed by atoms with Crippen LogP contribution in [0.3, 0.4) is 0 Å². The van der Waals surface area contributed by atoms with Crippen LogP contribution < -0.4 is 5.73 Å². The van der Waals surface area contributed by atoms with Crippen LogP contribution in [0.25, 0.3) is 10.2 Å².